The van der Waals surface area contributed by atoms with Gasteiger partial charge in [-0.15, -0.1) is 10.2 Å². The summed E-state index contributed by atoms with van der Waals surface area (Å²) in [5.74, 6) is -8.53. The summed E-state index contributed by atoms with van der Waals surface area (Å²) < 4.78 is 15.5. The lowest BCUT2D eigenvalue weighted by Crippen LogP contribution is -2.64. The topological polar surface area (TPSA) is 437 Å². The zero-order valence-electron chi connectivity index (χ0n) is 47.4. The third-order valence-corrected chi connectivity index (χ3v) is 17.0. The van der Waals surface area contributed by atoms with Gasteiger partial charge in [-0.2, -0.15) is 0 Å². The maximum absolute atomic E-state index is 14.7. The first-order valence-corrected chi connectivity index (χ1v) is 29.9. The Kier molecular flexibility index (Phi) is 22.8. The number of aromatic nitrogens is 2. The van der Waals surface area contributed by atoms with E-state index < -0.39 is 158 Å². The number of ether oxygens (including phenoxy) is 1. The van der Waals surface area contributed by atoms with Crippen molar-refractivity contribution in [1.82, 2.24) is 46.6 Å². The highest BCUT2D eigenvalue weighted by molar-refractivity contribution is 7.90. The number of aliphatic hydroxyl groups excluding tert-OH is 6. The number of hydrogen-bond donors (Lipinski definition) is 14. The van der Waals surface area contributed by atoms with Gasteiger partial charge in [-0.3, -0.25) is 33.6 Å². The molecule has 29 nitrogen and oxygen atoms in total. The third-order valence-electron chi connectivity index (χ3n) is 15.6. The molecule has 8 rings (SSSR count). The van der Waals surface area contributed by atoms with Crippen molar-refractivity contribution in [2.24, 2.45) is 11.7 Å². The number of β-amino-alcohol motifs (C(OH)–C–C–N with tert-alkyl or cyclic N) is 1. The lowest BCUT2D eigenvalue weighted by atomic mass is 9.98. The molecule has 1 aromatic heterocycles. The standard InChI is InChI=1S/C56H72N10O19S2/c1-27-25-66-46(47(27)73)52(78)58-24-33(68)22-37(59-48(74)30-9-11-31(12-10-30)53-63-64-54(86-53)32-13-15-36(16-14-32)82-35-6-4-3-5-7-35)49(75)60-43(28(2)67)55(79)65-26-34(69)23-38(65)50(76)61-44(51(77)62-45(56(66)80)40(71)18-19-57)41(72)20-29-8-17-39(70)42(21-29)83-87-85-84-81/h8-17,21,27-28,33-35,37-38,40-41,43-47,67-73,81H,3-7,18-20,22-26,57H2,1-2H3,(H,58,78)(H,59,74)(H,60,75)(H,61,76)(H,62,77)/t27-,28+,33+,34+,37+,38+,40-,41-,43+,44+,45+,46+,47+/m1/s1. The minimum absolute atomic E-state index is 0.0271. The SMILES string of the molecule is C[C@H](O)[C@@H]1NC(=O)[C@@H](NC(=O)c2ccc(-c3nnc(-c4ccc(OC5CCCCC5)cc4)s3)cc2)C[C@H](O)CNC(=O)[C@@H]2[C@@H](O)[C@H](C)CN2C(=O)[C@H]([C@H](O)CCN)NC(=O)[C@H]([C@H](O)Cc2ccc(O)c(OSOOO)c2)NC(=O)[C@@H]2C[C@H](O)CN2C1=O. The zero-order chi connectivity index (χ0) is 62.6. The Hall–Kier alpha value is -7.14. The van der Waals surface area contributed by atoms with Crippen molar-refractivity contribution in [2.45, 2.75) is 151 Å². The fourth-order valence-corrected chi connectivity index (χ4v) is 12.1. The van der Waals surface area contributed by atoms with Gasteiger partial charge in [0.2, 0.25) is 35.4 Å². The van der Waals surface area contributed by atoms with Gasteiger partial charge < -0.3 is 86.8 Å². The van der Waals surface area contributed by atoms with E-state index in [2.05, 4.69) is 46.2 Å². The van der Waals surface area contributed by atoms with Crippen LogP contribution in [0.5, 0.6) is 17.2 Å². The molecule has 1 aliphatic carbocycles. The molecule has 31 heteroatoms. The van der Waals surface area contributed by atoms with E-state index in [0.29, 0.717) is 15.6 Å². The number of carbonyl (C=O) groups is 7. The Morgan fingerprint density at radius 2 is 1.43 bits per heavy atom. The summed E-state index contributed by atoms with van der Waals surface area (Å²) in [6.45, 7) is 0.871. The van der Waals surface area contributed by atoms with Gasteiger partial charge >= 0.3 is 0 Å². The van der Waals surface area contributed by atoms with Crippen molar-refractivity contribution in [3.05, 3.63) is 77.9 Å². The highest BCUT2D eigenvalue weighted by Crippen LogP contribution is 2.34. The van der Waals surface area contributed by atoms with Gasteiger partial charge in [-0.25, -0.2) is 5.26 Å². The highest BCUT2D eigenvalue weighted by Gasteiger charge is 2.50. The average Bonchev–Trinajstić information content (AvgIpc) is 2.67. The van der Waals surface area contributed by atoms with Crippen LogP contribution in [0, 0.1) is 5.92 Å². The van der Waals surface area contributed by atoms with Crippen molar-refractivity contribution in [3.8, 4) is 38.4 Å². The fraction of sp³-hybridized carbons (Fsp3) is 0.518. The summed E-state index contributed by atoms with van der Waals surface area (Å²) in [7, 11) is 0. The van der Waals surface area contributed by atoms with Crippen molar-refractivity contribution < 1.29 is 92.9 Å². The number of amides is 7. The van der Waals surface area contributed by atoms with Crippen LogP contribution in [0.25, 0.3) is 21.1 Å². The molecule has 3 aromatic carbocycles. The largest absolute Gasteiger partial charge is 0.504 e. The van der Waals surface area contributed by atoms with Crippen LogP contribution in [-0.2, 0) is 44.6 Å². The molecule has 7 amide bonds. The number of benzene rings is 3. The smallest absolute Gasteiger partial charge is 0.261 e. The Bertz CT molecular complexity index is 3050. The van der Waals surface area contributed by atoms with E-state index in [1.807, 2.05) is 24.3 Å². The van der Waals surface area contributed by atoms with Crippen LogP contribution in [0.15, 0.2) is 66.7 Å². The molecular formula is C56H72N10O19S2. The third kappa shape index (κ3) is 16.5. The molecule has 4 fully saturated rings. The van der Waals surface area contributed by atoms with Gasteiger partial charge in [0, 0.05) is 61.5 Å². The number of nitrogens with one attached hydrogen (secondary N) is 5. The van der Waals surface area contributed by atoms with E-state index in [1.165, 1.54) is 48.9 Å². The minimum atomic E-state index is -2.10. The molecule has 4 aromatic rings. The number of phenolic OH excluding ortho intramolecular Hbond substituents is 1. The summed E-state index contributed by atoms with van der Waals surface area (Å²) >= 11 is 1.39. The lowest BCUT2D eigenvalue weighted by molar-refractivity contribution is -0.433. The van der Waals surface area contributed by atoms with E-state index >= 15 is 0 Å². The average molecular weight is 1250 g/mol. The molecule has 0 unspecified atom stereocenters. The first-order valence-electron chi connectivity index (χ1n) is 28.4. The van der Waals surface area contributed by atoms with Crippen LogP contribution in [0.4, 0.5) is 0 Å². The molecule has 13 atom stereocenters. The van der Waals surface area contributed by atoms with Crippen LogP contribution in [0.1, 0.15) is 81.1 Å². The molecule has 15 N–H and O–H groups in total. The van der Waals surface area contributed by atoms with E-state index in [1.54, 1.807) is 12.1 Å². The second-order valence-corrected chi connectivity index (χ2v) is 23.5. The molecule has 4 aliphatic rings. The Morgan fingerprint density at radius 1 is 0.782 bits per heavy atom. The van der Waals surface area contributed by atoms with Gasteiger partial charge in [0.15, 0.2) is 11.5 Å². The number of nitrogens with two attached hydrogens (primary N) is 1. The fourth-order valence-electron chi connectivity index (χ4n) is 10.9. The number of rotatable bonds is 17. The summed E-state index contributed by atoms with van der Waals surface area (Å²) in [6.07, 6.45) is -6.48. The summed E-state index contributed by atoms with van der Waals surface area (Å²) in [5, 5.41) is 113. The summed E-state index contributed by atoms with van der Waals surface area (Å²) in [5.41, 5.74) is 7.36. The first kappa shape index (κ1) is 65.8. The number of hydrogen-bond acceptors (Lipinski definition) is 24. The van der Waals surface area contributed by atoms with Gasteiger partial charge in [0.05, 0.1) is 42.7 Å². The van der Waals surface area contributed by atoms with E-state index in [0.717, 1.165) is 59.8 Å². The van der Waals surface area contributed by atoms with Crippen LogP contribution >= 0.6 is 23.7 Å². The van der Waals surface area contributed by atoms with Gasteiger partial charge in [-0.1, -0.05) is 52.3 Å². The summed E-state index contributed by atoms with van der Waals surface area (Å²) in [6, 6.07) is 6.20. The second kappa shape index (κ2) is 30.2. The van der Waals surface area contributed by atoms with Gasteiger partial charge in [-0.05, 0) is 99.7 Å². The normalized spacial score (nSPS) is 26.7. The predicted molar refractivity (Wildman–Crippen MR) is 308 cm³/mol. The highest BCUT2D eigenvalue weighted by atomic mass is 32.2. The zero-order valence-corrected chi connectivity index (χ0v) is 49.0. The Morgan fingerprint density at radius 3 is 2.08 bits per heavy atom. The Balaban J connectivity index is 1.07. The molecule has 0 bridgehead atoms. The van der Waals surface area contributed by atoms with E-state index in [-0.39, 0.29) is 54.8 Å². The lowest BCUT2D eigenvalue weighted by Gasteiger charge is -2.34. The molecule has 87 heavy (non-hydrogen) atoms. The quantitative estimate of drug-likeness (QED) is 0.0260. The Labute approximate surface area is 507 Å². The minimum Gasteiger partial charge on any atom is -0.504 e. The van der Waals surface area contributed by atoms with Crippen molar-refractivity contribution in [2.75, 3.05) is 26.2 Å². The van der Waals surface area contributed by atoms with Crippen molar-refractivity contribution in [1.29, 1.82) is 0 Å². The van der Waals surface area contributed by atoms with E-state index in [4.69, 9.17) is 19.9 Å². The van der Waals surface area contributed by atoms with Crippen molar-refractivity contribution in [3.63, 3.8) is 0 Å². The first-order chi connectivity index (χ1) is 41.6. The van der Waals surface area contributed by atoms with Gasteiger partial charge in [0.25, 0.3) is 18.2 Å². The molecule has 1 saturated carbocycles. The monoisotopic (exact) mass is 1250 g/mol. The molecular weight excluding hydrogens is 1180 g/mol. The molecule has 0 radical (unpaired) electrons. The molecule has 0 spiro atoms. The van der Waals surface area contributed by atoms with E-state index in [9.17, 15) is 69.3 Å². The molecule has 3 saturated heterocycles. The predicted octanol–water partition coefficient (Wildman–Crippen LogP) is -1.05. The number of fused-ring (bicyclic) bond motifs is 2. The number of phenols is 1. The maximum atomic E-state index is 14.7. The van der Waals surface area contributed by atoms with Crippen LogP contribution < -0.4 is 41.2 Å². The second-order valence-electron chi connectivity index (χ2n) is 22.1. The maximum Gasteiger partial charge on any atom is 0.261 e. The molecule has 3 aliphatic heterocycles. The number of aromatic hydroxyl groups is 1. The number of aliphatic hydroxyl groups is 6. The summed E-state index contributed by atoms with van der Waals surface area (Å²) in [4.78, 5) is 103. The number of nitrogens with zero attached hydrogens (tertiary/aromatic N) is 4. The van der Waals surface area contributed by atoms with Crippen LogP contribution in [0.3, 0.4) is 0 Å². The molecule has 4 heterocycles. The number of carbonyl (C=O) groups excluding carboxylic acids is 7. The van der Waals surface area contributed by atoms with Crippen molar-refractivity contribution >= 4 is 65.0 Å². The van der Waals surface area contributed by atoms with Crippen LogP contribution in [-0.4, -0.2) is 208 Å². The van der Waals surface area contributed by atoms with Crippen LogP contribution in [0.2, 0.25) is 0 Å². The molecule has 472 valence electrons. The van der Waals surface area contributed by atoms with Gasteiger partial charge in [0.1, 0.15) is 52.0 Å².